The molecule has 0 saturated carbocycles. The van der Waals surface area contributed by atoms with Crippen molar-refractivity contribution in [3.8, 4) is 0 Å². The number of fused-ring (bicyclic) bond motifs is 1. The Morgan fingerprint density at radius 1 is 1.00 bits per heavy atom. The number of nitrogens with zero attached hydrogens (tertiary/aromatic N) is 1. The Hall–Kier alpha value is -4.28. The number of allylic oxidation sites excluding steroid dienone is 2. The van der Waals surface area contributed by atoms with Crippen molar-refractivity contribution in [2.24, 2.45) is 11.8 Å². The number of esters is 1. The van der Waals surface area contributed by atoms with Gasteiger partial charge in [0.1, 0.15) is 11.6 Å². The van der Waals surface area contributed by atoms with Gasteiger partial charge in [0.2, 0.25) is 11.8 Å². The van der Waals surface area contributed by atoms with Gasteiger partial charge >= 0.3 is 5.97 Å². The van der Waals surface area contributed by atoms with Gasteiger partial charge in [0.25, 0.3) is 0 Å². The molecule has 3 N–H and O–H groups in total. The van der Waals surface area contributed by atoms with Crippen LogP contribution in [-0.4, -0.2) is 60.3 Å². The second-order valence-corrected chi connectivity index (χ2v) is 10.4. The lowest BCUT2D eigenvalue weighted by atomic mass is 9.96. The van der Waals surface area contributed by atoms with Crippen LogP contribution in [0.1, 0.15) is 43.7 Å². The molecule has 2 amide bonds. The first-order chi connectivity index (χ1) is 20.8. The number of amides is 2. The summed E-state index contributed by atoms with van der Waals surface area (Å²) in [6.45, 7) is 9.00. The topological polar surface area (TPSA) is 140 Å². The van der Waals surface area contributed by atoms with Gasteiger partial charge in [-0.3, -0.25) is 14.4 Å². The molecule has 3 rings (SSSR count). The van der Waals surface area contributed by atoms with Gasteiger partial charge in [-0.25, -0.2) is 4.98 Å². The largest absolute Gasteiger partial charge is 0.455 e. The van der Waals surface area contributed by atoms with Gasteiger partial charge in [-0.2, -0.15) is 0 Å². The zero-order valence-electron chi connectivity index (χ0n) is 24.7. The molecule has 0 aliphatic rings. The molecule has 0 unspecified atom stereocenters. The molecule has 43 heavy (non-hydrogen) atoms. The maximum atomic E-state index is 13.7. The third-order valence-electron chi connectivity index (χ3n) is 6.89. The van der Waals surface area contributed by atoms with E-state index >= 15 is 0 Å². The number of rotatable bonds is 18. The number of aliphatic hydroxyl groups excluding tert-OH is 1. The fraction of sp³-hybridized carbons (Fsp3) is 0.394. The Bertz CT molecular complexity index is 1320. The van der Waals surface area contributed by atoms with Gasteiger partial charge in [-0.05, 0) is 37.5 Å². The van der Waals surface area contributed by atoms with E-state index in [9.17, 15) is 19.5 Å². The smallest absolute Gasteiger partial charge is 0.310 e. The summed E-state index contributed by atoms with van der Waals surface area (Å²) in [4.78, 5) is 44.1. The second kappa shape index (κ2) is 17.0. The highest BCUT2D eigenvalue weighted by atomic mass is 16.5. The van der Waals surface area contributed by atoms with Crippen molar-refractivity contribution in [2.75, 3.05) is 20.3 Å². The molecular weight excluding hydrogens is 550 g/mol. The molecule has 0 spiro atoms. The fourth-order valence-electron chi connectivity index (χ4n) is 4.70. The number of oxazole rings is 1. The van der Waals surface area contributed by atoms with E-state index in [0.717, 1.165) is 0 Å². The molecule has 10 heteroatoms. The number of carbonyl (C=O) groups is 3. The predicted octanol–water partition coefficient (Wildman–Crippen LogP) is 4.06. The molecule has 0 aliphatic carbocycles. The third-order valence-corrected chi connectivity index (χ3v) is 6.89. The van der Waals surface area contributed by atoms with Crippen LogP contribution in [0.3, 0.4) is 0 Å². The summed E-state index contributed by atoms with van der Waals surface area (Å²) < 4.78 is 17.4. The number of aromatic nitrogens is 1. The van der Waals surface area contributed by atoms with Gasteiger partial charge in [-0.1, -0.05) is 54.6 Å². The van der Waals surface area contributed by atoms with Crippen molar-refractivity contribution >= 4 is 28.9 Å². The third kappa shape index (κ3) is 9.90. The monoisotopic (exact) mass is 591 g/mol. The van der Waals surface area contributed by atoms with Gasteiger partial charge in [-0.15, -0.1) is 13.2 Å². The second-order valence-electron chi connectivity index (χ2n) is 10.4. The number of aliphatic hydroxyl groups is 1. The average molecular weight is 592 g/mol. The van der Waals surface area contributed by atoms with Crippen molar-refractivity contribution in [1.29, 1.82) is 0 Å². The van der Waals surface area contributed by atoms with Crippen LogP contribution in [0, 0.1) is 11.8 Å². The van der Waals surface area contributed by atoms with Crippen molar-refractivity contribution in [1.82, 2.24) is 15.6 Å². The first-order valence-corrected chi connectivity index (χ1v) is 14.3. The SMILES string of the molecule is C=CC[C@@H](CC(=O)N[C@@H](C)CO)C(=O)N[C@@H](COC)[C@@H](OC(=O)[C@H](CC=C)Cc1nc2ccccc2o1)c1ccccc1. The van der Waals surface area contributed by atoms with E-state index in [4.69, 9.17) is 13.9 Å². The van der Waals surface area contributed by atoms with Crippen LogP contribution >= 0.6 is 0 Å². The molecule has 10 nitrogen and oxygen atoms in total. The maximum Gasteiger partial charge on any atom is 0.310 e. The number of hydrogen-bond donors (Lipinski definition) is 3. The minimum Gasteiger partial charge on any atom is -0.455 e. The number of para-hydroxylation sites is 2. The molecule has 1 aromatic heterocycles. The molecule has 3 aromatic rings. The van der Waals surface area contributed by atoms with Crippen LogP contribution in [0.25, 0.3) is 11.1 Å². The number of methoxy groups -OCH3 is 1. The first kappa shape index (κ1) is 33.2. The molecule has 230 valence electrons. The summed E-state index contributed by atoms with van der Waals surface area (Å²) in [6.07, 6.45) is 2.97. The highest BCUT2D eigenvalue weighted by molar-refractivity contribution is 5.86. The Balaban J connectivity index is 1.83. The molecule has 5 atom stereocenters. The summed E-state index contributed by atoms with van der Waals surface area (Å²) in [7, 11) is 1.49. The van der Waals surface area contributed by atoms with E-state index in [0.29, 0.717) is 29.0 Å². The van der Waals surface area contributed by atoms with Gasteiger partial charge in [0.15, 0.2) is 11.5 Å². The summed E-state index contributed by atoms with van der Waals surface area (Å²) in [5.41, 5.74) is 1.98. The van der Waals surface area contributed by atoms with Crippen LogP contribution in [-0.2, 0) is 30.3 Å². The van der Waals surface area contributed by atoms with Crippen molar-refractivity contribution in [3.05, 3.63) is 91.4 Å². The maximum absolute atomic E-state index is 13.7. The zero-order chi connectivity index (χ0) is 31.2. The predicted molar refractivity (Wildman–Crippen MR) is 163 cm³/mol. The molecule has 0 aliphatic heterocycles. The van der Waals surface area contributed by atoms with Crippen LogP contribution in [0.2, 0.25) is 0 Å². The normalized spacial score (nSPS) is 14.6. The van der Waals surface area contributed by atoms with Crippen molar-refractivity contribution in [3.63, 3.8) is 0 Å². The Morgan fingerprint density at radius 2 is 1.67 bits per heavy atom. The Kier molecular flexibility index (Phi) is 13.1. The first-order valence-electron chi connectivity index (χ1n) is 14.3. The number of nitrogens with one attached hydrogen (secondary N) is 2. The average Bonchev–Trinajstić information content (AvgIpc) is 3.42. The molecule has 0 fully saturated rings. The van der Waals surface area contributed by atoms with E-state index in [2.05, 4.69) is 28.8 Å². The van der Waals surface area contributed by atoms with E-state index in [1.54, 1.807) is 31.2 Å². The molecule has 2 aromatic carbocycles. The van der Waals surface area contributed by atoms with Crippen LogP contribution < -0.4 is 10.6 Å². The highest BCUT2D eigenvalue weighted by Crippen LogP contribution is 2.27. The minimum atomic E-state index is -0.902. The summed E-state index contributed by atoms with van der Waals surface area (Å²) in [5.74, 6) is -2.26. The standard InChI is InChI=1S/C33H41N3O7/c1-5-12-24(18-29(38)34-22(3)20-37)32(39)36-27(21-41-4)31(23-14-8-7-9-15-23)43-33(40)25(13-6-2)19-30-35-26-16-10-11-17-28(26)42-30/h5-11,14-17,22,24-25,27,31,37H,1-2,12-13,18-21H2,3-4H3,(H,34,38)(H,36,39)/t22-,24-,25+,27-,31-/m0/s1. The summed E-state index contributed by atoms with van der Waals surface area (Å²) in [6, 6.07) is 15.2. The Morgan fingerprint density at radius 3 is 2.33 bits per heavy atom. The van der Waals surface area contributed by atoms with Crippen LogP contribution in [0.15, 0.2) is 84.3 Å². The lowest BCUT2D eigenvalue weighted by molar-refractivity contribution is -0.158. The number of hydrogen-bond acceptors (Lipinski definition) is 8. The number of carbonyl (C=O) groups excluding carboxylic acids is 3. The molecule has 0 radical (unpaired) electrons. The van der Waals surface area contributed by atoms with Gasteiger partial charge < -0.3 is 29.6 Å². The van der Waals surface area contributed by atoms with Gasteiger partial charge in [0.05, 0.1) is 31.1 Å². The highest BCUT2D eigenvalue weighted by Gasteiger charge is 2.33. The minimum absolute atomic E-state index is 0.0321. The van der Waals surface area contributed by atoms with Gasteiger partial charge in [0, 0.05) is 26.0 Å². The summed E-state index contributed by atoms with van der Waals surface area (Å²) >= 11 is 0. The van der Waals surface area contributed by atoms with Crippen molar-refractivity contribution < 1.29 is 33.4 Å². The lowest BCUT2D eigenvalue weighted by Gasteiger charge is -2.30. The molecule has 0 saturated heterocycles. The van der Waals surface area contributed by atoms with E-state index in [1.807, 2.05) is 42.5 Å². The molecule has 0 bridgehead atoms. The molecular formula is C33H41N3O7. The quantitative estimate of drug-likeness (QED) is 0.149. The molecule has 1 heterocycles. The zero-order valence-corrected chi connectivity index (χ0v) is 24.7. The summed E-state index contributed by atoms with van der Waals surface area (Å²) in [5, 5.41) is 14.9. The van der Waals surface area contributed by atoms with E-state index in [-0.39, 0.29) is 38.4 Å². The van der Waals surface area contributed by atoms with E-state index < -0.39 is 41.9 Å². The number of ether oxygens (including phenoxy) is 2. The van der Waals surface area contributed by atoms with Crippen molar-refractivity contribution in [2.45, 2.75) is 50.8 Å². The van der Waals surface area contributed by atoms with Crippen LogP contribution in [0.5, 0.6) is 0 Å². The van der Waals surface area contributed by atoms with Crippen LogP contribution in [0.4, 0.5) is 0 Å². The number of benzene rings is 2. The lowest BCUT2D eigenvalue weighted by Crippen LogP contribution is -2.47. The fourth-order valence-corrected chi connectivity index (χ4v) is 4.70. The Labute approximate surface area is 252 Å². The van der Waals surface area contributed by atoms with E-state index in [1.165, 1.54) is 7.11 Å².